The molecule has 0 fully saturated rings. The van der Waals surface area contributed by atoms with Gasteiger partial charge in [0.15, 0.2) is 0 Å². The van der Waals surface area contributed by atoms with Gasteiger partial charge in [0.1, 0.15) is 5.69 Å². The summed E-state index contributed by atoms with van der Waals surface area (Å²) < 4.78 is 0. The van der Waals surface area contributed by atoms with Gasteiger partial charge in [-0.25, -0.2) is 0 Å². The first-order valence-electron chi connectivity index (χ1n) is 6.86. The molecule has 0 radical (unpaired) electrons. The van der Waals surface area contributed by atoms with Crippen molar-refractivity contribution in [1.29, 1.82) is 0 Å². The van der Waals surface area contributed by atoms with Crippen molar-refractivity contribution in [3.63, 3.8) is 0 Å². The van der Waals surface area contributed by atoms with Crippen molar-refractivity contribution in [3.05, 3.63) is 83.4 Å². The van der Waals surface area contributed by atoms with Crippen LogP contribution in [0.1, 0.15) is 17.0 Å². The number of anilines is 1. The molecule has 22 heavy (non-hydrogen) atoms. The topological polar surface area (TPSA) is 53.6 Å². The number of H-pyrrole nitrogens is 1. The minimum absolute atomic E-state index is 0.728. The van der Waals surface area contributed by atoms with Crippen LogP contribution in [-0.2, 0) is 6.42 Å². The Morgan fingerprint density at radius 1 is 1.23 bits per heavy atom. The van der Waals surface area contributed by atoms with Crippen molar-refractivity contribution in [2.45, 2.75) is 6.42 Å². The fraction of sp³-hybridized carbons (Fsp3) is 0.0588. The number of benzene rings is 1. The van der Waals surface area contributed by atoms with Gasteiger partial charge in [-0.15, -0.1) is 0 Å². The van der Waals surface area contributed by atoms with Crippen LogP contribution in [-0.4, -0.2) is 15.2 Å². The van der Waals surface area contributed by atoms with E-state index in [2.05, 4.69) is 27.1 Å². The van der Waals surface area contributed by atoms with E-state index in [0.717, 1.165) is 34.2 Å². The van der Waals surface area contributed by atoms with Crippen molar-refractivity contribution in [3.8, 4) is 0 Å². The summed E-state index contributed by atoms with van der Waals surface area (Å²) in [6.07, 6.45) is 4.24. The second kappa shape index (κ2) is 6.45. The molecule has 0 aliphatic heterocycles. The molecule has 110 valence electrons. The number of hydrogen-bond acceptors (Lipinski definition) is 3. The van der Waals surface area contributed by atoms with E-state index in [-0.39, 0.29) is 0 Å². The number of aromatic amines is 1. The standard InChI is InChI=1S/C17H15ClN4/c1-12(20-15-3-2-8-19-11-15)17-10-16(21-22-17)9-13-4-6-14(18)7-5-13/h2-8,10-11,20H,1,9H2,(H,21,22). The summed E-state index contributed by atoms with van der Waals surface area (Å²) in [5, 5.41) is 11.3. The molecule has 0 unspecified atom stereocenters. The van der Waals surface area contributed by atoms with Crippen molar-refractivity contribution in [2.75, 3.05) is 5.32 Å². The van der Waals surface area contributed by atoms with E-state index in [0.29, 0.717) is 0 Å². The van der Waals surface area contributed by atoms with Crippen LogP contribution < -0.4 is 5.32 Å². The molecule has 3 aromatic rings. The molecule has 2 heterocycles. The van der Waals surface area contributed by atoms with Crippen LogP contribution in [0.3, 0.4) is 0 Å². The Morgan fingerprint density at radius 2 is 2.05 bits per heavy atom. The number of hydrogen-bond donors (Lipinski definition) is 2. The Morgan fingerprint density at radius 3 is 2.77 bits per heavy atom. The van der Waals surface area contributed by atoms with Crippen LogP contribution in [0.25, 0.3) is 5.70 Å². The third-order valence-electron chi connectivity index (χ3n) is 3.20. The first-order chi connectivity index (χ1) is 10.7. The summed E-state index contributed by atoms with van der Waals surface area (Å²) in [7, 11) is 0. The summed E-state index contributed by atoms with van der Waals surface area (Å²) in [5.74, 6) is 0. The molecular weight excluding hydrogens is 296 g/mol. The van der Waals surface area contributed by atoms with E-state index in [1.807, 2.05) is 42.5 Å². The van der Waals surface area contributed by atoms with Gasteiger partial charge in [0.05, 0.1) is 17.6 Å². The van der Waals surface area contributed by atoms with Gasteiger partial charge in [0.25, 0.3) is 0 Å². The minimum Gasteiger partial charge on any atom is -0.353 e. The van der Waals surface area contributed by atoms with Gasteiger partial charge in [0, 0.05) is 23.3 Å². The number of rotatable bonds is 5. The lowest BCUT2D eigenvalue weighted by atomic mass is 10.1. The summed E-state index contributed by atoms with van der Waals surface area (Å²) >= 11 is 5.89. The first kappa shape index (κ1) is 14.4. The monoisotopic (exact) mass is 310 g/mol. The van der Waals surface area contributed by atoms with Gasteiger partial charge in [-0.3, -0.25) is 10.1 Å². The Hall–Kier alpha value is -2.59. The zero-order valence-electron chi connectivity index (χ0n) is 11.9. The predicted octanol–water partition coefficient (Wildman–Crippen LogP) is 4.13. The third-order valence-corrected chi connectivity index (χ3v) is 3.46. The summed E-state index contributed by atoms with van der Waals surface area (Å²) in [6.45, 7) is 4.01. The fourth-order valence-electron chi connectivity index (χ4n) is 2.10. The van der Waals surface area contributed by atoms with E-state index in [9.17, 15) is 0 Å². The Bertz CT molecular complexity index is 763. The molecule has 0 aliphatic carbocycles. The maximum atomic E-state index is 5.89. The van der Waals surface area contributed by atoms with Crippen LogP contribution in [0.4, 0.5) is 5.69 Å². The second-order valence-corrected chi connectivity index (χ2v) is 5.36. The van der Waals surface area contributed by atoms with Gasteiger partial charge < -0.3 is 5.32 Å². The normalized spacial score (nSPS) is 10.4. The van der Waals surface area contributed by atoms with Crippen molar-refractivity contribution in [2.24, 2.45) is 0 Å². The molecule has 2 N–H and O–H groups in total. The van der Waals surface area contributed by atoms with Gasteiger partial charge in [-0.1, -0.05) is 30.3 Å². The zero-order valence-corrected chi connectivity index (χ0v) is 12.6. The number of aromatic nitrogens is 3. The number of halogens is 1. The number of nitrogens with zero attached hydrogens (tertiary/aromatic N) is 2. The van der Waals surface area contributed by atoms with E-state index < -0.39 is 0 Å². The molecule has 0 aliphatic rings. The average Bonchev–Trinajstić information content (AvgIpc) is 2.99. The average molecular weight is 311 g/mol. The van der Waals surface area contributed by atoms with Gasteiger partial charge >= 0.3 is 0 Å². The molecular formula is C17H15ClN4. The highest BCUT2D eigenvalue weighted by molar-refractivity contribution is 6.30. The smallest absolute Gasteiger partial charge is 0.108 e. The zero-order chi connectivity index (χ0) is 15.4. The molecule has 3 rings (SSSR count). The summed E-state index contributed by atoms with van der Waals surface area (Å²) in [5.41, 5.74) is 4.59. The van der Waals surface area contributed by atoms with E-state index >= 15 is 0 Å². The Kier molecular flexibility index (Phi) is 4.21. The highest BCUT2D eigenvalue weighted by atomic mass is 35.5. The van der Waals surface area contributed by atoms with Crippen LogP contribution in [0.5, 0.6) is 0 Å². The van der Waals surface area contributed by atoms with Gasteiger partial charge in [-0.05, 0) is 35.9 Å². The molecule has 0 amide bonds. The first-order valence-corrected chi connectivity index (χ1v) is 7.23. The number of pyridine rings is 1. The summed E-state index contributed by atoms with van der Waals surface area (Å²) in [4.78, 5) is 4.06. The van der Waals surface area contributed by atoms with E-state index in [1.54, 1.807) is 12.4 Å². The van der Waals surface area contributed by atoms with Gasteiger partial charge in [-0.2, -0.15) is 5.10 Å². The third kappa shape index (κ3) is 3.54. The van der Waals surface area contributed by atoms with Crippen molar-refractivity contribution >= 4 is 23.0 Å². The van der Waals surface area contributed by atoms with Crippen LogP contribution in [0, 0.1) is 0 Å². The Balaban J connectivity index is 1.68. The van der Waals surface area contributed by atoms with Crippen LogP contribution >= 0.6 is 11.6 Å². The van der Waals surface area contributed by atoms with Crippen molar-refractivity contribution < 1.29 is 0 Å². The fourth-order valence-corrected chi connectivity index (χ4v) is 2.23. The largest absolute Gasteiger partial charge is 0.353 e. The molecule has 2 aromatic heterocycles. The van der Waals surface area contributed by atoms with Gasteiger partial charge in [0.2, 0.25) is 0 Å². The quantitative estimate of drug-likeness (QED) is 0.745. The maximum absolute atomic E-state index is 5.89. The molecule has 0 saturated carbocycles. The highest BCUT2D eigenvalue weighted by Gasteiger charge is 2.06. The van der Waals surface area contributed by atoms with Crippen molar-refractivity contribution in [1.82, 2.24) is 15.2 Å². The molecule has 1 aromatic carbocycles. The lowest BCUT2D eigenvalue weighted by Gasteiger charge is -2.05. The summed E-state index contributed by atoms with van der Waals surface area (Å²) in [6, 6.07) is 13.6. The predicted molar refractivity (Wildman–Crippen MR) is 89.7 cm³/mol. The highest BCUT2D eigenvalue weighted by Crippen LogP contribution is 2.17. The van der Waals surface area contributed by atoms with Crippen LogP contribution in [0.15, 0.2) is 61.4 Å². The molecule has 5 heteroatoms. The second-order valence-electron chi connectivity index (χ2n) is 4.93. The SMILES string of the molecule is C=C(Nc1cccnc1)c1cc(Cc2ccc(Cl)cc2)[nH]n1. The molecule has 0 spiro atoms. The lowest BCUT2D eigenvalue weighted by molar-refractivity contribution is 0.990. The van der Waals surface area contributed by atoms with E-state index in [4.69, 9.17) is 11.6 Å². The molecule has 0 saturated heterocycles. The maximum Gasteiger partial charge on any atom is 0.108 e. The molecule has 0 atom stereocenters. The molecule has 0 bridgehead atoms. The molecule has 4 nitrogen and oxygen atoms in total. The van der Waals surface area contributed by atoms with E-state index in [1.165, 1.54) is 5.56 Å². The minimum atomic E-state index is 0.728. The lowest BCUT2D eigenvalue weighted by Crippen LogP contribution is -1.97. The van der Waals surface area contributed by atoms with Crippen LogP contribution in [0.2, 0.25) is 5.02 Å². The Labute approximate surface area is 133 Å². The number of nitrogens with one attached hydrogen (secondary N) is 2.